The van der Waals surface area contributed by atoms with E-state index < -0.39 is 0 Å². The Bertz CT molecular complexity index is 847. The van der Waals surface area contributed by atoms with Crippen LogP contribution < -0.4 is 5.73 Å². The molecule has 0 bridgehead atoms. The number of para-hydroxylation sites is 1. The molecule has 1 aromatic heterocycles. The van der Waals surface area contributed by atoms with Gasteiger partial charge in [0.05, 0.1) is 17.1 Å². The summed E-state index contributed by atoms with van der Waals surface area (Å²) in [4.78, 5) is 0. The number of aryl methyl sites for hydroxylation is 2. The van der Waals surface area contributed by atoms with Gasteiger partial charge in [-0.3, -0.25) is 0 Å². The Labute approximate surface area is 150 Å². The maximum atomic E-state index is 6.22. The number of aromatic nitrogens is 2. The molecular formula is C22H27N3. The zero-order chi connectivity index (χ0) is 18.0. The molecule has 0 aliphatic rings. The first-order valence-electron chi connectivity index (χ1n) is 8.93. The number of rotatable bonds is 5. The third-order valence-electron chi connectivity index (χ3n) is 4.87. The fourth-order valence-corrected chi connectivity index (χ4v) is 3.13. The van der Waals surface area contributed by atoms with Crippen molar-refractivity contribution in [2.45, 2.75) is 39.5 Å². The van der Waals surface area contributed by atoms with Gasteiger partial charge in [0, 0.05) is 12.5 Å². The first-order chi connectivity index (χ1) is 12.0. The molecule has 0 saturated heterocycles. The Hall–Kier alpha value is -2.39. The van der Waals surface area contributed by atoms with Gasteiger partial charge in [-0.05, 0) is 54.7 Å². The predicted molar refractivity (Wildman–Crippen MR) is 104 cm³/mol. The van der Waals surface area contributed by atoms with Crippen LogP contribution in [0, 0.1) is 13.8 Å². The van der Waals surface area contributed by atoms with Crippen LogP contribution in [0.5, 0.6) is 0 Å². The summed E-state index contributed by atoms with van der Waals surface area (Å²) in [5, 5.41) is 4.88. The van der Waals surface area contributed by atoms with Crippen molar-refractivity contribution in [3.8, 4) is 5.69 Å². The largest absolute Gasteiger partial charge is 0.329 e. The third-order valence-corrected chi connectivity index (χ3v) is 4.87. The van der Waals surface area contributed by atoms with E-state index in [4.69, 9.17) is 10.8 Å². The van der Waals surface area contributed by atoms with E-state index in [1.165, 1.54) is 16.7 Å². The van der Waals surface area contributed by atoms with Crippen LogP contribution in [0.15, 0.2) is 54.6 Å². The van der Waals surface area contributed by atoms with Crippen molar-refractivity contribution in [3.05, 3.63) is 82.7 Å². The van der Waals surface area contributed by atoms with Crippen LogP contribution in [0.25, 0.3) is 5.69 Å². The zero-order valence-corrected chi connectivity index (χ0v) is 15.5. The van der Waals surface area contributed by atoms with Crippen molar-refractivity contribution in [2.24, 2.45) is 5.73 Å². The fraction of sp³-hybridized carbons (Fsp3) is 0.318. The van der Waals surface area contributed by atoms with Gasteiger partial charge in [-0.15, -0.1) is 0 Å². The van der Waals surface area contributed by atoms with Crippen LogP contribution in [-0.4, -0.2) is 16.3 Å². The van der Waals surface area contributed by atoms with E-state index in [0.717, 1.165) is 17.1 Å². The molecule has 0 amide bonds. The van der Waals surface area contributed by atoms with Crippen molar-refractivity contribution in [1.29, 1.82) is 0 Å². The van der Waals surface area contributed by atoms with Crippen molar-refractivity contribution >= 4 is 0 Å². The molecule has 0 radical (unpaired) electrons. The number of nitrogens with two attached hydrogens (primary N) is 1. The van der Waals surface area contributed by atoms with E-state index in [0.29, 0.717) is 12.5 Å². The Morgan fingerprint density at radius 2 is 1.68 bits per heavy atom. The molecule has 130 valence electrons. The van der Waals surface area contributed by atoms with Crippen LogP contribution in [-0.2, 0) is 0 Å². The number of nitrogens with zero attached hydrogens (tertiary/aromatic N) is 2. The summed E-state index contributed by atoms with van der Waals surface area (Å²) in [6.45, 7) is 9.20. The van der Waals surface area contributed by atoms with E-state index in [-0.39, 0.29) is 5.92 Å². The van der Waals surface area contributed by atoms with Crippen molar-refractivity contribution in [3.63, 3.8) is 0 Å². The maximum absolute atomic E-state index is 6.22. The molecule has 3 nitrogen and oxygen atoms in total. The number of hydrogen-bond donors (Lipinski definition) is 1. The Morgan fingerprint density at radius 3 is 2.28 bits per heavy atom. The summed E-state index contributed by atoms with van der Waals surface area (Å²) >= 11 is 0. The average Bonchev–Trinajstić information content (AvgIpc) is 3.05. The Balaban J connectivity index is 2.14. The van der Waals surface area contributed by atoms with Gasteiger partial charge in [0.2, 0.25) is 0 Å². The van der Waals surface area contributed by atoms with E-state index in [1.54, 1.807) is 0 Å². The second-order valence-corrected chi connectivity index (χ2v) is 7.03. The lowest BCUT2D eigenvalue weighted by Crippen LogP contribution is -2.18. The highest BCUT2D eigenvalue weighted by Gasteiger charge is 2.21. The lowest BCUT2D eigenvalue weighted by molar-refractivity contribution is 0.706. The second-order valence-electron chi connectivity index (χ2n) is 7.03. The van der Waals surface area contributed by atoms with Crippen molar-refractivity contribution in [1.82, 2.24) is 9.78 Å². The first kappa shape index (κ1) is 17.4. The lowest BCUT2D eigenvalue weighted by Gasteiger charge is -2.18. The highest BCUT2D eigenvalue weighted by molar-refractivity contribution is 5.41. The van der Waals surface area contributed by atoms with Crippen LogP contribution >= 0.6 is 0 Å². The van der Waals surface area contributed by atoms with Gasteiger partial charge in [0.25, 0.3) is 0 Å². The van der Waals surface area contributed by atoms with Gasteiger partial charge in [0.1, 0.15) is 0 Å². The Kier molecular flexibility index (Phi) is 5.05. The quantitative estimate of drug-likeness (QED) is 0.735. The van der Waals surface area contributed by atoms with Gasteiger partial charge in [-0.1, -0.05) is 50.2 Å². The van der Waals surface area contributed by atoms with Crippen LogP contribution in [0.2, 0.25) is 0 Å². The molecule has 0 spiro atoms. The van der Waals surface area contributed by atoms with Crippen LogP contribution in [0.4, 0.5) is 0 Å². The highest BCUT2D eigenvalue weighted by Crippen LogP contribution is 2.29. The minimum absolute atomic E-state index is 0.125. The molecule has 2 N–H and O–H groups in total. The summed E-state index contributed by atoms with van der Waals surface area (Å²) in [6, 6.07) is 19.1. The standard InChI is InChI=1S/C22H27N3/c1-15(2)21-13-22(25(24-21)19-8-6-5-7-9-19)20(14-23)18-11-10-16(3)17(4)12-18/h5-13,15,20H,14,23H2,1-4H3. The van der Waals surface area contributed by atoms with Gasteiger partial charge in [-0.2, -0.15) is 5.10 Å². The predicted octanol–water partition coefficient (Wildman–Crippen LogP) is 4.70. The maximum Gasteiger partial charge on any atom is 0.0657 e. The van der Waals surface area contributed by atoms with Gasteiger partial charge < -0.3 is 5.73 Å². The highest BCUT2D eigenvalue weighted by atomic mass is 15.3. The fourth-order valence-electron chi connectivity index (χ4n) is 3.13. The molecule has 0 aliphatic heterocycles. The Morgan fingerprint density at radius 1 is 0.960 bits per heavy atom. The molecule has 3 aromatic rings. The van der Waals surface area contributed by atoms with E-state index in [2.05, 4.69) is 68.8 Å². The third kappa shape index (κ3) is 3.52. The van der Waals surface area contributed by atoms with E-state index in [1.807, 2.05) is 18.2 Å². The molecule has 1 atom stereocenters. The lowest BCUT2D eigenvalue weighted by atomic mass is 9.92. The summed E-state index contributed by atoms with van der Waals surface area (Å²) in [5.74, 6) is 0.501. The minimum Gasteiger partial charge on any atom is -0.329 e. The second kappa shape index (κ2) is 7.24. The van der Waals surface area contributed by atoms with E-state index >= 15 is 0 Å². The number of benzene rings is 2. The minimum atomic E-state index is 0.125. The SMILES string of the molecule is Cc1ccc(C(CN)c2cc(C(C)C)nn2-c2ccccc2)cc1C. The van der Waals surface area contributed by atoms with Crippen LogP contribution in [0.3, 0.4) is 0 Å². The normalized spacial score (nSPS) is 12.6. The molecule has 25 heavy (non-hydrogen) atoms. The molecular weight excluding hydrogens is 306 g/mol. The molecule has 1 heterocycles. The molecule has 0 fully saturated rings. The molecule has 2 aromatic carbocycles. The molecule has 3 rings (SSSR count). The molecule has 1 unspecified atom stereocenters. The first-order valence-corrected chi connectivity index (χ1v) is 8.93. The van der Waals surface area contributed by atoms with E-state index in [9.17, 15) is 0 Å². The zero-order valence-electron chi connectivity index (χ0n) is 15.5. The van der Waals surface area contributed by atoms with Gasteiger partial charge in [0.15, 0.2) is 0 Å². The van der Waals surface area contributed by atoms with Gasteiger partial charge in [-0.25, -0.2) is 4.68 Å². The molecule has 0 saturated carbocycles. The monoisotopic (exact) mass is 333 g/mol. The molecule has 3 heteroatoms. The average molecular weight is 333 g/mol. The van der Waals surface area contributed by atoms with Gasteiger partial charge >= 0.3 is 0 Å². The molecule has 0 aliphatic carbocycles. The topological polar surface area (TPSA) is 43.8 Å². The summed E-state index contributed by atoms with van der Waals surface area (Å²) in [7, 11) is 0. The number of hydrogen-bond acceptors (Lipinski definition) is 2. The summed E-state index contributed by atoms with van der Waals surface area (Å²) in [6.07, 6.45) is 0. The summed E-state index contributed by atoms with van der Waals surface area (Å²) < 4.78 is 2.06. The van der Waals surface area contributed by atoms with Crippen LogP contribution in [0.1, 0.15) is 53.8 Å². The van der Waals surface area contributed by atoms with Crippen molar-refractivity contribution in [2.75, 3.05) is 6.54 Å². The van der Waals surface area contributed by atoms with Crippen molar-refractivity contribution < 1.29 is 0 Å². The summed E-state index contributed by atoms with van der Waals surface area (Å²) in [5.41, 5.74) is 13.4. The smallest absolute Gasteiger partial charge is 0.0657 e.